The summed E-state index contributed by atoms with van der Waals surface area (Å²) in [7, 11) is 0. The molecule has 1 aliphatic heterocycles. The van der Waals surface area contributed by atoms with Crippen LogP contribution in [0.5, 0.6) is 0 Å². The lowest BCUT2D eigenvalue weighted by atomic mass is 10.0. The molecule has 1 aromatic carbocycles. The van der Waals surface area contributed by atoms with Gasteiger partial charge in [-0.25, -0.2) is 14.8 Å². The molecule has 2 aromatic heterocycles. The molecule has 7 nitrogen and oxygen atoms in total. The van der Waals surface area contributed by atoms with Gasteiger partial charge < -0.3 is 14.2 Å². The molecule has 1 unspecified atom stereocenters. The summed E-state index contributed by atoms with van der Waals surface area (Å²) in [5.74, 6) is 0.263. The molecule has 0 radical (unpaired) electrons. The molecule has 3 aromatic rings. The van der Waals surface area contributed by atoms with Crippen molar-refractivity contribution in [3.8, 4) is 0 Å². The van der Waals surface area contributed by atoms with E-state index in [1.165, 1.54) is 6.92 Å². The van der Waals surface area contributed by atoms with E-state index >= 15 is 0 Å². The molecule has 7 heteroatoms. The highest BCUT2D eigenvalue weighted by Crippen LogP contribution is 2.23. The van der Waals surface area contributed by atoms with Gasteiger partial charge in [-0.05, 0) is 37.0 Å². The normalized spacial score (nSPS) is 16.7. The van der Waals surface area contributed by atoms with Gasteiger partial charge in [0.15, 0.2) is 17.3 Å². The molecule has 1 saturated heterocycles. The minimum absolute atomic E-state index is 0.0653. The fraction of sp³-hybridized carbons (Fsp3) is 0.364. The van der Waals surface area contributed by atoms with Crippen molar-refractivity contribution >= 4 is 23.0 Å². The molecule has 0 N–H and O–H groups in total. The second-order valence-corrected chi connectivity index (χ2v) is 7.33. The number of amides is 1. The average molecular weight is 392 g/mol. The fourth-order valence-corrected chi connectivity index (χ4v) is 3.84. The Morgan fingerprint density at radius 2 is 1.97 bits per heavy atom. The van der Waals surface area contributed by atoms with Crippen LogP contribution in [0.15, 0.2) is 48.7 Å². The number of carbonyl (C=O) groups is 2. The molecule has 1 aliphatic rings. The lowest BCUT2D eigenvalue weighted by molar-refractivity contribution is 0.0638. The first-order valence-electron chi connectivity index (χ1n) is 9.93. The highest BCUT2D eigenvalue weighted by molar-refractivity contribution is 5.94. The number of likely N-dealkylation sites (tertiary alicyclic amines) is 1. The topological polar surface area (TPSA) is 77.3 Å². The molecule has 0 spiro atoms. The number of hydrogen-bond donors (Lipinski definition) is 0. The molecule has 3 heterocycles. The Morgan fingerprint density at radius 1 is 1.14 bits per heavy atom. The smallest absolute Gasteiger partial charge is 0.410 e. The Kier molecular flexibility index (Phi) is 5.55. The molecule has 150 valence electrons. The number of hydrogen-bond acceptors (Lipinski definition) is 5. The molecule has 0 aliphatic carbocycles. The van der Waals surface area contributed by atoms with Crippen LogP contribution in [0.1, 0.15) is 42.4 Å². The van der Waals surface area contributed by atoms with Crippen LogP contribution in [0.25, 0.3) is 11.2 Å². The van der Waals surface area contributed by atoms with E-state index in [-0.39, 0.29) is 24.5 Å². The molecule has 29 heavy (non-hydrogen) atoms. The average Bonchev–Trinajstić information content (AvgIpc) is 3.12. The quantitative estimate of drug-likeness (QED) is 0.617. The first-order valence-corrected chi connectivity index (χ1v) is 9.93. The number of carbonyl (C=O) groups excluding carboxylic acids is 2. The van der Waals surface area contributed by atoms with Gasteiger partial charge in [-0.2, -0.15) is 0 Å². The highest BCUT2D eigenvalue weighted by Gasteiger charge is 2.30. The molecule has 4 rings (SSSR count). The van der Waals surface area contributed by atoms with Crippen molar-refractivity contribution in [2.24, 2.45) is 0 Å². The van der Waals surface area contributed by atoms with E-state index in [1.54, 1.807) is 17.2 Å². The minimum Gasteiger partial charge on any atom is -0.445 e. The summed E-state index contributed by atoms with van der Waals surface area (Å²) in [5.41, 5.74) is 2.31. The van der Waals surface area contributed by atoms with Crippen LogP contribution in [-0.2, 0) is 17.9 Å². The zero-order chi connectivity index (χ0) is 20.2. The summed E-state index contributed by atoms with van der Waals surface area (Å²) >= 11 is 0. The summed E-state index contributed by atoms with van der Waals surface area (Å²) in [6, 6.07) is 13.2. The number of ether oxygens (including phenoxy) is 1. The molecular formula is C22H24N4O3. The largest absolute Gasteiger partial charge is 0.445 e. The van der Waals surface area contributed by atoms with Gasteiger partial charge in [-0.3, -0.25) is 4.79 Å². The van der Waals surface area contributed by atoms with E-state index in [0.29, 0.717) is 30.1 Å². The standard InChI is InChI=1S/C22H24N4O3/c1-16(27)20-24-19-11-7-12-23-21(19)26(20)14-18-10-5-6-13-25(18)22(28)29-15-17-8-3-2-4-9-17/h2-4,7-9,11-12,18H,5-6,10,13-15H2,1H3. The third-order valence-electron chi connectivity index (χ3n) is 5.28. The third-order valence-corrected chi connectivity index (χ3v) is 5.28. The molecule has 0 saturated carbocycles. The van der Waals surface area contributed by atoms with Crippen molar-refractivity contribution in [2.75, 3.05) is 6.54 Å². The van der Waals surface area contributed by atoms with E-state index in [4.69, 9.17) is 4.74 Å². The number of aromatic nitrogens is 3. The van der Waals surface area contributed by atoms with Crippen molar-refractivity contribution in [1.82, 2.24) is 19.4 Å². The van der Waals surface area contributed by atoms with Gasteiger partial charge in [0, 0.05) is 26.2 Å². The van der Waals surface area contributed by atoms with Crippen LogP contribution in [0.2, 0.25) is 0 Å². The minimum atomic E-state index is -0.319. The Labute approximate surface area is 169 Å². The molecule has 0 bridgehead atoms. The van der Waals surface area contributed by atoms with Crippen LogP contribution in [0.4, 0.5) is 4.79 Å². The molecular weight excluding hydrogens is 368 g/mol. The van der Waals surface area contributed by atoms with Crippen LogP contribution in [0, 0.1) is 0 Å². The maximum Gasteiger partial charge on any atom is 0.410 e. The first-order chi connectivity index (χ1) is 14.1. The van der Waals surface area contributed by atoms with Crippen molar-refractivity contribution in [2.45, 2.75) is 45.4 Å². The predicted molar refractivity (Wildman–Crippen MR) is 109 cm³/mol. The van der Waals surface area contributed by atoms with Crippen LogP contribution in [-0.4, -0.2) is 43.9 Å². The zero-order valence-corrected chi connectivity index (χ0v) is 16.5. The van der Waals surface area contributed by atoms with Crippen molar-refractivity contribution < 1.29 is 14.3 Å². The van der Waals surface area contributed by atoms with Crippen LogP contribution < -0.4 is 0 Å². The van der Waals surface area contributed by atoms with E-state index in [1.807, 2.05) is 41.0 Å². The summed E-state index contributed by atoms with van der Waals surface area (Å²) < 4.78 is 7.40. The zero-order valence-electron chi connectivity index (χ0n) is 16.5. The Morgan fingerprint density at radius 3 is 2.76 bits per heavy atom. The summed E-state index contributed by atoms with van der Waals surface area (Å²) in [6.07, 6.45) is 4.20. The van der Waals surface area contributed by atoms with Gasteiger partial charge in [0.1, 0.15) is 12.1 Å². The van der Waals surface area contributed by atoms with Gasteiger partial charge >= 0.3 is 6.09 Å². The monoisotopic (exact) mass is 392 g/mol. The lowest BCUT2D eigenvalue weighted by Crippen LogP contribution is -2.46. The summed E-state index contributed by atoms with van der Waals surface area (Å²) in [5, 5.41) is 0. The van der Waals surface area contributed by atoms with E-state index in [0.717, 1.165) is 24.8 Å². The Bertz CT molecular complexity index is 1020. The van der Waals surface area contributed by atoms with Gasteiger partial charge in [-0.15, -0.1) is 0 Å². The van der Waals surface area contributed by atoms with Crippen LogP contribution in [0.3, 0.4) is 0 Å². The first kappa shape index (κ1) is 19.1. The van der Waals surface area contributed by atoms with Crippen molar-refractivity contribution in [3.63, 3.8) is 0 Å². The van der Waals surface area contributed by atoms with Crippen LogP contribution >= 0.6 is 0 Å². The van der Waals surface area contributed by atoms with Gasteiger partial charge in [0.25, 0.3) is 0 Å². The number of benzene rings is 1. The van der Waals surface area contributed by atoms with Gasteiger partial charge in [0.05, 0.1) is 6.04 Å². The van der Waals surface area contributed by atoms with Gasteiger partial charge in [-0.1, -0.05) is 30.3 Å². The predicted octanol–water partition coefficient (Wildman–Crippen LogP) is 3.83. The van der Waals surface area contributed by atoms with E-state index in [2.05, 4.69) is 9.97 Å². The number of fused-ring (bicyclic) bond motifs is 1. The molecule has 1 fully saturated rings. The Hall–Kier alpha value is -3.22. The maximum absolute atomic E-state index is 12.8. The Balaban J connectivity index is 1.54. The summed E-state index contributed by atoms with van der Waals surface area (Å²) in [6.45, 7) is 2.87. The van der Waals surface area contributed by atoms with Crippen molar-refractivity contribution in [3.05, 3.63) is 60.0 Å². The lowest BCUT2D eigenvalue weighted by Gasteiger charge is -2.35. The third kappa shape index (κ3) is 4.13. The number of nitrogens with zero attached hydrogens (tertiary/aromatic N) is 4. The van der Waals surface area contributed by atoms with Crippen molar-refractivity contribution in [1.29, 1.82) is 0 Å². The number of ketones is 1. The van der Waals surface area contributed by atoms with Gasteiger partial charge in [0.2, 0.25) is 0 Å². The maximum atomic E-state index is 12.8. The number of imidazole rings is 1. The number of Topliss-reactive ketones (excluding diaryl/α,β-unsaturated/α-hetero) is 1. The SMILES string of the molecule is CC(=O)c1nc2cccnc2n1CC1CCCCN1C(=O)OCc1ccccc1. The summed E-state index contributed by atoms with van der Waals surface area (Å²) in [4.78, 5) is 35.6. The molecule has 1 atom stereocenters. The number of pyridine rings is 1. The van der Waals surface area contributed by atoms with E-state index < -0.39 is 0 Å². The number of piperidine rings is 1. The van der Waals surface area contributed by atoms with E-state index in [9.17, 15) is 9.59 Å². The second-order valence-electron chi connectivity index (χ2n) is 7.33. The molecule has 1 amide bonds. The second kappa shape index (κ2) is 8.43. The number of rotatable bonds is 5. The fourth-order valence-electron chi connectivity index (χ4n) is 3.84. The highest BCUT2D eigenvalue weighted by atomic mass is 16.6.